The molecule has 1 N–H and O–H groups in total. The summed E-state index contributed by atoms with van der Waals surface area (Å²) in [4.78, 5) is 11.7. The highest BCUT2D eigenvalue weighted by Gasteiger charge is 2.29. The molecule has 2 heterocycles. The zero-order valence-electron chi connectivity index (χ0n) is 12.6. The molecule has 0 saturated carbocycles. The number of nitrogens with one attached hydrogen (secondary N) is 1. The summed E-state index contributed by atoms with van der Waals surface area (Å²) in [6, 6.07) is 0.596. The zero-order chi connectivity index (χ0) is 13.8. The minimum Gasteiger partial charge on any atom is -0.338 e. The molecule has 1 aliphatic rings. The van der Waals surface area contributed by atoms with Gasteiger partial charge in [-0.05, 0) is 32.2 Å². The van der Waals surface area contributed by atoms with Crippen LogP contribution in [0.3, 0.4) is 0 Å². The van der Waals surface area contributed by atoms with E-state index < -0.39 is 0 Å². The standard InChI is InChI=1S/C15H26N4/c1-5-16-9-13-10-17-15(18-12(13)4)19-8-6-7-14(19)11(2)3/h10-11,14,16H,5-9H2,1-4H3. The number of aryl methyl sites for hydroxylation is 1. The Hall–Kier alpha value is -1.16. The van der Waals surface area contributed by atoms with Crippen molar-refractivity contribution in [3.05, 3.63) is 17.5 Å². The first kappa shape index (κ1) is 14.3. The Kier molecular flexibility index (Phi) is 4.75. The van der Waals surface area contributed by atoms with E-state index in [4.69, 9.17) is 4.98 Å². The molecule has 1 aromatic rings. The SMILES string of the molecule is CCNCc1cnc(N2CCCC2C(C)C)nc1C. The van der Waals surface area contributed by atoms with Gasteiger partial charge in [0.1, 0.15) is 0 Å². The maximum Gasteiger partial charge on any atom is 0.225 e. The lowest BCUT2D eigenvalue weighted by Crippen LogP contribution is -2.34. The summed E-state index contributed by atoms with van der Waals surface area (Å²) >= 11 is 0. The summed E-state index contributed by atoms with van der Waals surface area (Å²) in [6.07, 6.45) is 4.50. The van der Waals surface area contributed by atoms with Crippen molar-refractivity contribution in [3.8, 4) is 0 Å². The molecule has 1 unspecified atom stereocenters. The van der Waals surface area contributed by atoms with Crippen molar-refractivity contribution in [1.82, 2.24) is 15.3 Å². The molecular formula is C15H26N4. The van der Waals surface area contributed by atoms with Gasteiger partial charge in [-0.1, -0.05) is 20.8 Å². The van der Waals surface area contributed by atoms with Crippen LogP contribution >= 0.6 is 0 Å². The second kappa shape index (κ2) is 6.33. The van der Waals surface area contributed by atoms with E-state index in [0.29, 0.717) is 12.0 Å². The van der Waals surface area contributed by atoms with Gasteiger partial charge in [0.15, 0.2) is 0 Å². The maximum absolute atomic E-state index is 4.72. The monoisotopic (exact) mass is 262 g/mol. The average Bonchev–Trinajstić information content (AvgIpc) is 2.86. The summed E-state index contributed by atoms with van der Waals surface area (Å²) in [7, 11) is 0. The van der Waals surface area contributed by atoms with Crippen LogP contribution in [0.2, 0.25) is 0 Å². The first-order valence-electron chi connectivity index (χ1n) is 7.43. The Morgan fingerprint density at radius 2 is 2.26 bits per heavy atom. The first-order chi connectivity index (χ1) is 9.13. The Morgan fingerprint density at radius 1 is 1.47 bits per heavy atom. The molecule has 106 valence electrons. The topological polar surface area (TPSA) is 41.1 Å². The molecule has 1 aliphatic heterocycles. The van der Waals surface area contributed by atoms with Gasteiger partial charge in [-0.15, -0.1) is 0 Å². The lowest BCUT2D eigenvalue weighted by Gasteiger charge is -2.28. The van der Waals surface area contributed by atoms with E-state index in [9.17, 15) is 0 Å². The second-order valence-electron chi connectivity index (χ2n) is 5.71. The van der Waals surface area contributed by atoms with Crippen LogP contribution in [0.1, 0.15) is 44.9 Å². The van der Waals surface area contributed by atoms with E-state index in [2.05, 4.69) is 42.9 Å². The summed E-state index contributed by atoms with van der Waals surface area (Å²) in [5.74, 6) is 1.57. The summed E-state index contributed by atoms with van der Waals surface area (Å²) in [6.45, 7) is 11.7. The summed E-state index contributed by atoms with van der Waals surface area (Å²) in [5, 5.41) is 3.33. The van der Waals surface area contributed by atoms with Crippen molar-refractivity contribution in [3.63, 3.8) is 0 Å². The largest absolute Gasteiger partial charge is 0.338 e. The predicted octanol–water partition coefficient (Wildman–Crippen LogP) is 2.52. The molecular weight excluding hydrogens is 236 g/mol. The lowest BCUT2D eigenvalue weighted by atomic mass is 10.0. The van der Waals surface area contributed by atoms with Crippen LogP contribution in [0, 0.1) is 12.8 Å². The number of rotatable bonds is 5. The van der Waals surface area contributed by atoms with Crippen LogP contribution < -0.4 is 10.2 Å². The molecule has 1 saturated heterocycles. The van der Waals surface area contributed by atoms with Gasteiger partial charge in [-0.25, -0.2) is 9.97 Å². The van der Waals surface area contributed by atoms with Crippen molar-refractivity contribution in [2.75, 3.05) is 18.0 Å². The molecule has 0 bridgehead atoms. The van der Waals surface area contributed by atoms with Crippen LogP contribution in [0.4, 0.5) is 5.95 Å². The van der Waals surface area contributed by atoms with Gasteiger partial charge < -0.3 is 10.2 Å². The first-order valence-corrected chi connectivity index (χ1v) is 7.43. The molecule has 0 amide bonds. The molecule has 0 aromatic carbocycles. The van der Waals surface area contributed by atoms with Gasteiger partial charge in [-0.3, -0.25) is 0 Å². The summed E-state index contributed by atoms with van der Waals surface area (Å²) in [5.41, 5.74) is 2.30. The predicted molar refractivity (Wildman–Crippen MR) is 79.4 cm³/mol. The van der Waals surface area contributed by atoms with Gasteiger partial charge >= 0.3 is 0 Å². The number of nitrogens with zero attached hydrogens (tertiary/aromatic N) is 3. The van der Waals surface area contributed by atoms with E-state index in [-0.39, 0.29) is 0 Å². The third-order valence-corrected chi connectivity index (χ3v) is 3.96. The third-order valence-electron chi connectivity index (χ3n) is 3.96. The molecule has 4 nitrogen and oxygen atoms in total. The molecule has 0 spiro atoms. The highest BCUT2D eigenvalue weighted by molar-refractivity contribution is 5.36. The zero-order valence-corrected chi connectivity index (χ0v) is 12.6. The highest BCUT2D eigenvalue weighted by atomic mass is 15.3. The molecule has 2 rings (SSSR count). The van der Waals surface area contributed by atoms with Crippen LogP contribution in [0.15, 0.2) is 6.20 Å². The van der Waals surface area contributed by atoms with Gasteiger partial charge in [0.25, 0.3) is 0 Å². The van der Waals surface area contributed by atoms with E-state index in [1.165, 1.54) is 18.4 Å². The van der Waals surface area contributed by atoms with E-state index in [1.807, 2.05) is 6.20 Å². The lowest BCUT2D eigenvalue weighted by molar-refractivity contribution is 0.486. The highest BCUT2D eigenvalue weighted by Crippen LogP contribution is 2.27. The average molecular weight is 262 g/mol. The fourth-order valence-electron chi connectivity index (χ4n) is 2.79. The smallest absolute Gasteiger partial charge is 0.225 e. The van der Waals surface area contributed by atoms with Gasteiger partial charge in [0, 0.05) is 36.6 Å². The van der Waals surface area contributed by atoms with Crippen molar-refractivity contribution in [2.24, 2.45) is 5.92 Å². The van der Waals surface area contributed by atoms with Crippen LogP contribution in [0.25, 0.3) is 0 Å². The van der Waals surface area contributed by atoms with E-state index >= 15 is 0 Å². The van der Waals surface area contributed by atoms with E-state index in [1.54, 1.807) is 0 Å². The van der Waals surface area contributed by atoms with Crippen molar-refractivity contribution in [2.45, 2.75) is 53.1 Å². The molecule has 1 atom stereocenters. The molecule has 19 heavy (non-hydrogen) atoms. The third kappa shape index (κ3) is 3.24. The summed E-state index contributed by atoms with van der Waals surface area (Å²) < 4.78 is 0. The van der Waals surface area contributed by atoms with E-state index in [0.717, 1.165) is 31.3 Å². The van der Waals surface area contributed by atoms with Crippen LogP contribution in [0.5, 0.6) is 0 Å². The van der Waals surface area contributed by atoms with Gasteiger partial charge in [0.2, 0.25) is 5.95 Å². The van der Waals surface area contributed by atoms with Crippen LogP contribution in [-0.4, -0.2) is 29.1 Å². The number of hydrogen-bond donors (Lipinski definition) is 1. The molecule has 0 aliphatic carbocycles. The van der Waals surface area contributed by atoms with Crippen molar-refractivity contribution in [1.29, 1.82) is 0 Å². The second-order valence-corrected chi connectivity index (χ2v) is 5.71. The van der Waals surface area contributed by atoms with Crippen molar-refractivity contribution >= 4 is 5.95 Å². The Bertz CT molecular complexity index is 417. The van der Waals surface area contributed by atoms with Crippen molar-refractivity contribution < 1.29 is 0 Å². The Morgan fingerprint density at radius 3 is 2.89 bits per heavy atom. The molecule has 0 radical (unpaired) electrons. The fraction of sp³-hybridized carbons (Fsp3) is 0.733. The van der Waals surface area contributed by atoms with Gasteiger partial charge in [0.05, 0.1) is 0 Å². The fourth-order valence-corrected chi connectivity index (χ4v) is 2.79. The molecule has 1 fully saturated rings. The number of hydrogen-bond acceptors (Lipinski definition) is 4. The minimum absolute atomic E-state index is 0.596. The number of anilines is 1. The Labute approximate surface area is 116 Å². The maximum atomic E-state index is 4.72. The minimum atomic E-state index is 0.596. The van der Waals surface area contributed by atoms with Crippen LogP contribution in [-0.2, 0) is 6.54 Å². The quantitative estimate of drug-likeness (QED) is 0.885. The Balaban J connectivity index is 2.15. The van der Waals surface area contributed by atoms with Gasteiger partial charge in [-0.2, -0.15) is 0 Å². The number of aromatic nitrogens is 2. The molecule has 4 heteroatoms. The molecule has 1 aromatic heterocycles. The normalized spacial score (nSPS) is 19.4.